The summed E-state index contributed by atoms with van der Waals surface area (Å²) < 4.78 is 0. The van der Waals surface area contributed by atoms with Gasteiger partial charge >= 0.3 is 0 Å². The summed E-state index contributed by atoms with van der Waals surface area (Å²) in [4.78, 5) is 8.15. The molecule has 0 saturated carbocycles. The van der Waals surface area contributed by atoms with Crippen molar-refractivity contribution in [2.45, 2.75) is 39.7 Å². The molecule has 1 aromatic heterocycles. The Bertz CT molecular complexity index is 550. The van der Waals surface area contributed by atoms with E-state index in [-0.39, 0.29) is 5.54 Å². The number of hydrogen-bond donors (Lipinski definition) is 2. The lowest BCUT2D eigenvalue weighted by atomic mass is 10.1. The largest absolute Gasteiger partial charge is 0.344 e. The van der Waals surface area contributed by atoms with Gasteiger partial charge in [-0.3, -0.25) is 0 Å². The summed E-state index contributed by atoms with van der Waals surface area (Å²) in [6.45, 7) is 8.48. The van der Waals surface area contributed by atoms with E-state index in [9.17, 15) is 0 Å². The zero-order chi connectivity index (χ0) is 14.0. The summed E-state index contributed by atoms with van der Waals surface area (Å²) in [7, 11) is 1.95. The van der Waals surface area contributed by atoms with Crippen molar-refractivity contribution in [3.8, 4) is 11.3 Å². The molecule has 3 nitrogen and oxygen atoms in total. The molecule has 2 aromatic rings. The van der Waals surface area contributed by atoms with Gasteiger partial charge < -0.3 is 10.3 Å². The molecule has 0 aliphatic rings. The maximum absolute atomic E-state index is 4.76. The van der Waals surface area contributed by atoms with Crippen LogP contribution in [0.5, 0.6) is 0 Å². The van der Waals surface area contributed by atoms with Crippen molar-refractivity contribution >= 4 is 0 Å². The van der Waals surface area contributed by atoms with E-state index in [0.29, 0.717) is 0 Å². The molecule has 0 fully saturated rings. The van der Waals surface area contributed by atoms with Crippen molar-refractivity contribution in [3.63, 3.8) is 0 Å². The molecule has 102 valence electrons. The van der Waals surface area contributed by atoms with Gasteiger partial charge in [-0.15, -0.1) is 0 Å². The molecular weight excluding hydrogens is 234 g/mol. The molecule has 0 aliphatic heterocycles. The topological polar surface area (TPSA) is 40.7 Å². The van der Waals surface area contributed by atoms with Gasteiger partial charge in [0, 0.05) is 11.3 Å². The first kappa shape index (κ1) is 13.8. The van der Waals surface area contributed by atoms with Crippen molar-refractivity contribution < 1.29 is 0 Å². The molecule has 0 atom stereocenters. The third-order valence-electron chi connectivity index (χ3n) is 3.74. The molecule has 0 unspecified atom stereocenters. The number of hydrogen-bond acceptors (Lipinski definition) is 2. The third-order valence-corrected chi connectivity index (χ3v) is 3.74. The SMILES string of the molecule is CCc1ccc(-c2nc(C(C)(C)NC)[nH]c2C)cc1. The zero-order valence-corrected chi connectivity index (χ0v) is 12.5. The Labute approximate surface area is 115 Å². The molecule has 1 aromatic carbocycles. The van der Waals surface area contributed by atoms with Crippen LogP contribution >= 0.6 is 0 Å². The lowest BCUT2D eigenvalue weighted by molar-refractivity contribution is 0.420. The summed E-state index contributed by atoms with van der Waals surface area (Å²) in [5.41, 5.74) is 4.53. The maximum atomic E-state index is 4.76. The minimum absolute atomic E-state index is 0.146. The lowest BCUT2D eigenvalue weighted by Crippen LogP contribution is -2.34. The van der Waals surface area contributed by atoms with E-state index < -0.39 is 0 Å². The normalized spacial score (nSPS) is 11.8. The predicted molar refractivity (Wildman–Crippen MR) is 80.2 cm³/mol. The minimum atomic E-state index is -0.146. The van der Waals surface area contributed by atoms with E-state index in [1.165, 1.54) is 11.1 Å². The minimum Gasteiger partial charge on any atom is -0.344 e. The monoisotopic (exact) mass is 257 g/mol. The number of nitrogens with zero attached hydrogens (tertiary/aromatic N) is 1. The Morgan fingerprint density at radius 1 is 1.21 bits per heavy atom. The Morgan fingerprint density at radius 2 is 1.84 bits per heavy atom. The highest BCUT2D eigenvalue weighted by molar-refractivity contribution is 5.62. The number of aromatic amines is 1. The van der Waals surface area contributed by atoms with Crippen molar-refractivity contribution in [3.05, 3.63) is 41.3 Å². The van der Waals surface area contributed by atoms with E-state index in [1.807, 2.05) is 7.05 Å². The highest BCUT2D eigenvalue weighted by Crippen LogP contribution is 2.25. The van der Waals surface area contributed by atoms with Gasteiger partial charge in [0.05, 0.1) is 11.2 Å². The van der Waals surface area contributed by atoms with Gasteiger partial charge in [0.2, 0.25) is 0 Å². The molecule has 2 rings (SSSR count). The average molecular weight is 257 g/mol. The molecule has 1 heterocycles. The second kappa shape index (κ2) is 5.17. The first-order valence-corrected chi connectivity index (χ1v) is 6.83. The highest BCUT2D eigenvalue weighted by Gasteiger charge is 2.23. The second-order valence-corrected chi connectivity index (χ2v) is 5.48. The van der Waals surface area contributed by atoms with E-state index >= 15 is 0 Å². The van der Waals surface area contributed by atoms with Crippen LogP contribution in [0.25, 0.3) is 11.3 Å². The van der Waals surface area contributed by atoms with Gasteiger partial charge in [-0.25, -0.2) is 4.98 Å². The van der Waals surface area contributed by atoms with Crippen molar-refractivity contribution in [1.82, 2.24) is 15.3 Å². The highest BCUT2D eigenvalue weighted by atomic mass is 15.0. The Balaban J connectivity index is 2.40. The fourth-order valence-electron chi connectivity index (χ4n) is 2.05. The number of nitrogens with one attached hydrogen (secondary N) is 2. The van der Waals surface area contributed by atoms with Crippen molar-refractivity contribution in [1.29, 1.82) is 0 Å². The number of aromatic nitrogens is 2. The van der Waals surface area contributed by atoms with Gasteiger partial charge in [0.1, 0.15) is 5.82 Å². The number of rotatable bonds is 4. The van der Waals surface area contributed by atoms with Gasteiger partial charge in [0.15, 0.2) is 0 Å². The second-order valence-electron chi connectivity index (χ2n) is 5.48. The summed E-state index contributed by atoms with van der Waals surface area (Å²) in [6, 6.07) is 8.65. The van der Waals surface area contributed by atoms with E-state index in [0.717, 1.165) is 23.6 Å². The summed E-state index contributed by atoms with van der Waals surface area (Å²) in [6.07, 6.45) is 1.07. The molecule has 2 N–H and O–H groups in total. The summed E-state index contributed by atoms with van der Waals surface area (Å²) >= 11 is 0. The number of benzene rings is 1. The van der Waals surface area contributed by atoms with E-state index in [2.05, 4.69) is 62.3 Å². The first-order valence-electron chi connectivity index (χ1n) is 6.83. The molecule has 3 heteroatoms. The van der Waals surface area contributed by atoms with Crippen LogP contribution in [0, 0.1) is 6.92 Å². The fourth-order valence-corrected chi connectivity index (χ4v) is 2.05. The van der Waals surface area contributed by atoms with Crippen LogP contribution in [0.15, 0.2) is 24.3 Å². The number of H-pyrrole nitrogens is 1. The molecule has 0 radical (unpaired) electrons. The lowest BCUT2D eigenvalue weighted by Gasteiger charge is -2.20. The zero-order valence-electron chi connectivity index (χ0n) is 12.5. The van der Waals surface area contributed by atoms with Crippen LogP contribution in [0.1, 0.15) is 37.9 Å². The third kappa shape index (κ3) is 2.71. The maximum Gasteiger partial charge on any atom is 0.126 e. The van der Waals surface area contributed by atoms with E-state index in [4.69, 9.17) is 4.98 Å². The summed E-state index contributed by atoms with van der Waals surface area (Å²) in [5, 5.41) is 3.27. The van der Waals surface area contributed by atoms with Crippen LogP contribution in [-0.2, 0) is 12.0 Å². The number of imidazole rings is 1. The van der Waals surface area contributed by atoms with Crippen molar-refractivity contribution in [2.24, 2.45) is 0 Å². The summed E-state index contributed by atoms with van der Waals surface area (Å²) in [5.74, 6) is 0.974. The fraction of sp³-hybridized carbons (Fsp3) is 0.438. The standard InChI is InChI=1S/C16H23N3/c1-6-12-7-9-13(10-8-12)14-11(2)18-15(19-14)16(3,4)17-5/h7-10,17H,6H2,1-5H3,(H,18,19). The van der Waals surface area contributed by atoms with Gasteiger partial charge in [-0.05, 0) is 39.8 Å². The molecule has 0 saturated heterocycles. The van der Waals surface area contributed by atoms with Crippen LogP contribution in [0.3, 0.4) is 0 Å². The van der Waals surface area contributed by atoms with Gasteiger partial charge in [-0.2, -0.15) is 0 Å². The average Bonchev–Trinajstić information content (AvgIpc) is 2.82. The Morgan fingerprint density at radius 3 is 2.37 bits per heavy atom. The first-order chi connectivity index (χ1) is 8.97. The number of aryl methyl sites for hydroxylation is 2. The van der Waals surface area contributed by atoms with Crippen molar-refractivity contribution in [2.75, 3.05) is 7.05 Å². The van der Waals surface area contributed by atoms with Crippen LogP contribution in [0.2, 0.25) is 0 Å². The Hall–Kier alpha value is -1.61. The van der Waals surface area contributed by atoms with Gasteiger partial charge in [-0.1, -0.05) is 31.2 Å². The molecule has 0 aliphatic carbocycles. The van der Waals surface area contributed by atoms with Crippen LogP contribution < -0.4 is 5.32 Å². The van der Waals surface area contributed by atoms with Gasteiger partial charge in [0.25, 0.3) is 0 Å². The Kier molecular flexibility index (Phi) is 3.76. The molecule has 19 heavy (non-hydrogen) atoms. The predicted octanol–water partition coefficient (Wildman–Crippen LogP) is 3.40. The van der Waals surface area contributed by atoms with Crippen LogP contribution in [0.4, 0.5) is 0 Å². The van der Waals surface area contributed by atoms with Crippen LogP contribution in [-0.4, -0.2) is 17.0 Å². The smallest absolute Gasteiger partial charge is 0.126 e. The molecule has 0 amide bonds. The van der Waals surface area contributed by atoms with E-state index in [1.54, 1.807) is 0 Å². The quantitative estimate of drug-likeness (QED) is 0.881. The molecule has 0 bridgehead atoms. The molecule has 0 spiro atoms. The molecular formula is C16H23N3.